The molecular formula is C13H18ClN5O. The normalized spacial score (nSPS) is 12.8. The minimum absolute atomic E-state index is 0.0301. The molecule has 7 heteroatoms. The Morgan fingerprint density at radius 3 is 2.80 bits per heavy atom. The van der Waals surface area contributed by atoms with Crippen LogP contribution in [0.2, 0.25) is 5.02 Å². The molecule has 6 nitrogen and oxygen atoms in total. The van der Waals surface area contributed by atoms with E-state index in [4.69, 9.17) is 22.1 Å². The zero-order chi connectivity index (χ0) is 14.7. The maximum Gasteiger partial charge on any atom is 0.183 e. The number of nitrogens with zero attached hydrogens (tertiary/aromatic N) is 4. The second-order valence-electron chi connectivity index (χ2n) is 4.92. The highest BCUT2D eigenvalue weighted by Gasteiger charge is 2.23. The number of nitrogens with two attached hydrogens (primary N) is 1. The molecule has 0 aliphatic heterocycles. The highest BCUT2D eigenvalue weighted by Crippen LogP contribution is 2.32. The molecule has 0 radical (unpaired) electrons. The Morgan fingerprint density at radius 2 is 2.15 bits per heavy atom. The summed E-state index contributed by atoms with van der Waals surface area (Å²) < 4.78 is 7.00. The Hall–Kier alpha value is -1.66. The van der Waals surface area contributed by atoms with Gasteiger partial charge in [-0.15, -0.1) is 5.10 Å². The van der Waals surface area contributed by atoms with Crippen LogP contribution in [0, 0.1) is 5.92 Å². The minimum atomic E-state index is 0.0301. The first-order valence-electron chi connectivity index (χ1n) is 6.37. The molecule has 20 heavy (non-hydrogen) atoms. The van der Waals surface area contributed by atoms with Crippen LogP contribution in [-0.4, -0.2) is 33.9 Å². The summed E-state index contributed by atoms with van der Waals surface area (Å²) in [5.74, 6) is 0.912. The average molecular weight is 296 g/mol. The molecular weight excluding hydrogens is 278 g/mol. The number of ether oxygens (including phenoxy) is 1. The van der Waals surface area contributed by atoms with E-state index in [1.54, 1.807) is 17.9 Å². The Bertz CT molecular complexity index is 584. The predicted molar refractivity (Wildman–Crippen MR) is 78.4 cm³/mol. The molecule has 2 rings (SSSR count). The maximum atomic E-state index is 6.25. The third-order valence-electron chi connectivity index (χ3n) is 3.18. The number of tetrazole rings is 1. The molecule has 0 saturated heterocycles. The number of aromatic nitrogens is 4. The van der Waals surface area contributed by atoms with Gasteiger partial charge in [-0.3, -0.25) is 0 Å². The second-order valence-corrected chi connectivity index (χ2v) is 5.30. The van der Waals surface area contributed by atoms with Crippen LogP contribution >= 0.6 is 11.6 Å². The Labute approximate surface area is 122 Å². The van der Waals surface area contributed by atoms with Crippen LogP contribution in [0.4, 0.5) is 5.69 Å². The van der Waals surface area contributed by atoms with Gasteiger partial charge in [-0.2, -0.15) is 0 Å². The van der Waals surface area contributed by atoms with Gasteiger partial charge in [-0.05, 0) is 28.5 Å². The van der Waals surface area contributed by atoms with E-state index < -0.39 is 0 Å². The van der Waals surface area contributed by atoms with Crippen LogP contribution in [0.1, 0.15) is 19.9 Å². The van der Waals surface area contributed by atoms with Gasteiger partial charge in [0.1, 0.15) is 0 Å². The minimum Gasteiger partial charge on any atom is -0.398 e. The lowest BCUT2D eigenvalue weighted by atomic mass is 10.0. The third-order valence-corrected chi connectivity index (χ3v) is 3.61. The largest absolute Gasteiger partial charge is 0.398 e. The van der Waals surface area contributed by atoms with Crippen LogP contribution in [0.15, 0.2) is 18.2 Å². The molecule has 0 amide bonds. The van der Waals surface area contributed by atoms with Gasteiger partial charge in [0.2, 0.25) is 0 Å². The van der Waals surface area contributed by atoms with E-state index in [1.807, 2.05) is 12.1 Å². The van der Waals surface area contributed by atoms with Crippen LogP contribution in [0.5, 0.6) is 0 Å². The van der Waals surface area contributed by atoms with Crippen LogP contribution < -0.4 is 5.73 Å². The van der Waals surface area contributed by atoms with Gasteiger partial charge < -0.3 is 10.5 Å². The van der Waals surface area contributed by atoms with Crippen LogP contribution in [0.25, 0.3) is 11.4 Å². The number of anilines is 1. The van der Waals surface area contributed by atoms with Crippen molar-refractivity contribution in [2.75, 3.05) is 19.5 Å². The fraction of sp³-hybridized carbons (Fsp3) is 0.462. The topological polar surface area (TPSA) is 78.8 Å². The van der Waals surface area contributed by atoms with Crippen molar-refractivity contribution in [3.05, 3.63) is 23.2 Å². The fourth-order valence-corrected chi connectivity index (χ4v) is 2.24. The summed E-state index contributed by atoms with van der Waals surface area (Å²) in [6.45, 7) is 4.71. The molecule has 0 saturated carbocycles. The SMILES string of the molecule is COCC(C(C)C)n1nnnc1-c1cccc(N)c1Cl. The van der Waals surface area contributed by atoms with Gasteiger partial charge in [0.25, 0.3) is 0 Å². The Balaban J connectivity index is 2.49. The van der Waals surface area contributed by atoms with E-state index >= 15 is 0 Å². The molecule has 108 valence electrons. The van der Waals surface area contributed by atoms with Gasteiger partial charge in [0.05, 0.1) is 23.4 Å². The van der Waals surface area contributed by atoms with Gasteiger partial charge in [0.15, 0.2) is 5.82 Å². The first-order valence-corrected chi connectivity index (χ1v) is 6.75. The number of hydrogen-bond donors (Lipinski definition) is 1. The van der Waals surface area contributed by atoms with Crippen molar-refractivity contribution in [3.8, 4) is 11.4 Å². The average Bonchev–Trinajstić information content (AvgIpc) is 2.87. The molecule has 0 spiro atoms. The number of benzene rings is 1. The van der Waals surface area contributed by atoms with Crippen LogP contribution in [0.3, 0.4) is 0 Å². The molecule has 1 unspecified atom stereocenters. The van der Waals surface area contributed by atoms with E-state index in [1.165, 1.54) is 0 Å². The number of methoxy groups -OCH3 is 1. The summed E-state index contributed by atoms with van der Waals surface area (Å²) >= 11 is 6.25. The first kappa shape index (κ1) is 14.7. The molecule has 1 atom stereocenters. The second kappa shape index (κ2) is 6.19. The number of rotatable bonds is 5. The number of halogens is 1. The summed E-state index contributed by atoms with van der Waals surface area (Å²) in [6, 6.07) is 5.46. The molecule has 0 aliphatic rings. The quantitative estimate of drug-likeness (QED) is 0.857. The van der Waals surface area contributed by atoms with Gasteiger partial charge >= 0.3 is 0 Å². The third kappa shape index (κ3) is 2.76. The smallest absolute Gasteiger partial charge is 0.183 e. The molecule has 0 aliphatic carbocycles. The summed E-state index contributed by atoms with van der Waals surface area (Å²) in [5.41, 5.74) is 7.06. The van der Waals surface area contributed by atoms with Gasteiger partial charge in [-0.1, -0.05) is 31.5 Å². The molecule has 1 heterocycles. The van der Waals surface area contributed by atoms with Crippen molar-refractivity contribution in [2.24, 2.45) is 5.92 Å². The fourth-order valence-electron chi connectivity index (χ4n) is 2.03. The Kier molecular flexibility index (Phi) is 4.57. The first-order chi connectivity index (χ1) is 9.56. The van der Waals surface area contributed by atoms with E-state index in [9.17, 15) is 0 Å². The lowest BCUT2D eigenvalue weighted by molar-refractivity contribution is 0.126. The lowest BCUT2D eigenvalue weighted by Crippen LogP contribution is -2.22. The number of hydrogen-bond acceptors (Lipinski definition) is 5. The zero-order valence-corrected chi connectivity index (χ0v) is 12.5. The van der Waals surface area contributed by atoms with Crippen molar-refractivity contribution in [3.63, 3.8) is 0 Å². The monoisotopic (exact) mass is 295 g/mol. The van der Waals surface area contributed by atoms with Crippen LogP contribution in [-0.2, 0) is 4.74 Å². The number of nitrogen functional groups attached to an aromatic ring is 1. The molecule has 0 fully saturated rings. The standard InChI is InChI=1S/C13H18ClN5O/c1-8(2)11(7-20-3)19-13(16-17-18-19)9-5-4-6-10(15)12(9)14/h4-6,8,11H,7,15H2,1-3H3. The summed E-state index contributed by atoms with van der Waals surface area (Å²) in [6.07, 6.45) is 0. The van der Waals surface area contributed by atoms with Crippen molar-refractivity contribution in [1.29, 1.82) is 0 Å². The van der Waals surface area contributed by atoms with Crippen molar-refractivity contribution < 1.29 is 4.74 Å². The van der Waals surface area contributed by atoms with Crippen molar-refractivity contribution in [2.45, 2.75) is 19.9 Å². The highest BCUT2D eigenvalue weighted by atomic mass is 35.5. The van der Waals surface area contributed by atoms with E-state index in [0.29, 0.717) is 29.1 Å². The highest BCUT2D eigenvalue weighted by molar-refractivity contribution is 6.35. The molecule has 2 aromatic rings. The zero-order valence-electron chi connectivity index (χ0n) is 11.7. The summed E-state index contributed by atoms with van der Waals surface area (Å²) in [7, 11) is 1.66. The van der Waals surface area contributed by atoms with E-state index in [-0.39, 0.29) is 6.04 Å². The van der Waals surface area contributed by atoms with E-state index in [2.05, 4.69) is 29.4 Å². The molecule has 1 aromatic heterocycles. The summed E-state index contributed by atoms with van der Waals surface area (Å²) in [4.78, 5) is 0. The lowest BCUT2D eigenvalue weighted by Gasteiger charge is -2.21. The molecule has 2 N–H and O–H groups in total. The van der Waals surface area contributed by atoms with Crippen molar-refractivity contribution >= 4 is 17.3 Å². The van der Waals surface area contributed by atoms with Crippen molar-refractivity contribution in [1.82, 2.24) is 20.2 Å². The van der Waals surface area contributed by atoms with Gasteiger partial charge in [-0.25, -0.2) is 4.68 Å². The predicted octanol–water partition coefficient (Wildman–Crippen LogP) is 2.42. The van der Waals surface area contributed by atoms with E-state index in [0.717, 1.165) is 5.56 Å². The van der Waals surface area contributed by atoms with Gasteiger partial charge in [0, 0.05) is 12.7 Å². The summed E-state index contributed by atoms with van der Waals surface area (Å²) in [5, 5.41) is 12.4. The molecule has 1 aromatic carbocycles. The maximum absolute atomic E-state index is 6.25. The Morgan fingerprint density at radius 1 is 1.40 bits per heavy atom. The molecule has 0 bridgehead atoms.